The maximum atomic E-state index is 4.43. The molecule has 0 aliphatic rings. The summed E-state index contributed by atoms with van der Waals surface area (Å²) in [6, 6.07) is 12.5. The molecule has 0 atom stereocenters. The Morgan fingerprint density at radius 3 is 2.83 bits per heavy atom. The zero-order chi connectivity index (χ0) is 12.8. The number of rotatable bonds is 5. The van der Waals surface area contributed by atoms with Gasteiger partial charge in [-0.2, -0.15) is 0 Å². The van der Waals surface area contributed by atoms with Crippen molar-refractivity contribution in [1.82, 2.24) is 10.3 Å². The van der Waals surface area contributed by atoms with E-state index in [2.05, 4.69) is 57.4 Å². The summed E-state index contributed by atoms with van der Waals surface area (Å²) < 4.78 is 1.12. The van der Waals surface area contributed by atoms with E-state index in [0.717, 1.165) is 29.7 Å². The van der Waals surface area contributed by atoms with Gasteiger partial charge in [-0.05, 0) is 35.7 Å². The van der Waals surface area contributed by atoms with Crippen LogP contribution in [0.3, 0.4) is 0 Å². The van der Waals surface area contributed by atoms with E-state index in [1.54, 1.807) is 0 Å². The summed E-state index contributed by atoms with van der Waals surface area (Å²) in [6.07, 6.45) is 2.89. The molecule has 2 nitrogen and oxygen atoms in total. The van der Waals surface area contributed by atoms with Crippen molar-refractivity contribution in [2.24, 2.45) is 0 Å². The average molecular weight is 305 g/mol. The summed E-state index contributed by atoms with van der Waals surface area (Å²) in [5.74, 6) is 0. The molecular weight excluding hydrogens is 288 g/mol. The third-order valence-electron chi connectivity index (χ3n) is 2.88. The number of aromatic nitrogens is 1. The number of halogens is 1. The van der Waals surface area contributed by atoms with Crippen LogP contribution in [0.15, 0.2) is 47.1 Å². The largest absolute Gasteiger partial charge is 0.307 e. The molecule has 0 aliphatic carbocycles. The van der Waals surface area contributed by atoms with Gasteiger partial charge in [0.1, 0.15) is 0 Å². The fourth-order valence-electron chi connectivity index (χ4n) is 1.92. The van der Waals surface area contributed by atoms with E-state index in [-0.39, 0.29) is 0 Å². The van der Waals surface area contributed by atoms with Crippen molar-refractivity contribution in [3.8, 4) is 0 Å². The minimum absolute atomic E-state index is 0.816. The molecule has 1 aromatic heterocycles. The summed E-state index contributed by atoms with van der Waals surface area (Å²) in [4.78, 5) is 4.43. The summed E-state index contributed by atoms with van der Waals surface area (Å²) in [6.45, 7) is 3.84. The van der Waals surface area contributed by atoms with Crippen LogP contribution in [0.1, 0.15) is 23.7 Å². The van der Waals surface area contributed by atoms with E-state index in [1.807, 2.05) is 18.3 Å². The zero-order valence-electron chi connectivity index (χ0n) is 10.5. The number of nitrogens with zero attached hydrogens (tertiary/aromatic N) is 1. The Balaban J connectivity index is 1.92. The maximum Gasteiger partial charge on any atom is 0.0573 e. The summed E-state index contributed by atoms with van der Waals surface area (Å²) in [5, 5.41) is 3.44. The van der Waals surface area contributed by atoms with Crippen LogP contribution in [0.2, 0.25) is 0 Å². The molecule has 18 heavy (non-hydrogen) atoms. The second-order valence-electron chi connectivity index (χ2n) is 4.20. The number of pyridine rings is 1. The number of hydrogen-bond donors (Lipinski definition) is 1. The molecule has 0 aliphatic heterocycles. The zero-order valence-corrected chi connectivity index (χ0v) is 12.1. The van der Waals surface area contributed by atoms with Gasteiger partial charge in [-0.15, -0.1) is 0 Å². The lowest BCUT2D eigenvalue weighted by Gasteiger charge is -2.08. The lowest BCUT2D eigenvalue weighted by atomic mass is 10.1. The Morgan fingerprint density at radius 2 is 2.06 bits per heavy atom. The van der Waals surface area contributed by atoms with Crippen molar-refractivity contribution in [1.29, 1.82) is 0 Å². The van der Waals surface area contributed by atoms with Crippen LogP contribution in [0.25, 0.3) is 0 Å². The highest BCUT2D eigenvalue weighted by atomic mass is 79.9. The van der Waals surface area contributed by atoms with Gasteiger partial charge >= 0.3 is 0 Å². The minimum atomic E-state index is 0.816. The Morgan fingerprint density at radius 1 is 1.17 bits per heavy atom. The van der Waals surface area contributed by atoms with Crippen LogP contribution in [-0.4, -0.2) is 4.98 Å². The third kappa shape index (κ3) is 3.65. The molecule has 2 rings (SSSR count). The maximum absolute atomic E-state index is 4.43. The molecule has 1 N–H and O–H groups in total. The topological polar surface area (TPSA) is 24.9 Å². The van der Waals surface area contributed by atoms with Crippen LogP contribution in [0.5, 0.6) is 0 Å². The number of nitrogens with one attached hydrogen (secondary N) is 1. The van der Waals surface area contributed by atoms with Gasteiger partial charge in [0.05, 0.1) is 5.69 Å². The van der Waals surface area contributed by atoms with Gasteiger partial charge in [-0.3, -0.25) is 4.98 Å². The summed E-state index contributed by atoms with van der Waals surface area (Å²) in [5.41, 5.74) is 3.74. The van der Waals surface area contributed by atoms with Gasteiger partial charge in [-0.1, -0.05) is 41.1 Å². The Kier molecular flexibility index (Phi) is 4.90. The lowest BCUT2D eigenvalue weighted by Crippen LogP contribution is -2.15. The molecule has 3 heteroatoms. The van der Waals surface area contributed by atoms with Crippen molar-refractivity contribution < 1.29 is 0 Å². The molecule has 0 saturated carbocycles. The summed E-state index contributed by atoms with van der Waals surface area (Å²) >= 11 is 3.48. The van der Waals surface area contributed by atoms with Crippen molar-refractivity contribution >= 4 is 15.9 Å². The van der Waals surface area contributed by atoms with E-state index < -0.39 is 0 Å². The first-order valence-corrected chi connectivity index (χ1v) is 6.97. The molecule has 94 valence electrons. The highest BCUT2D eigenvalue weighted by Gasteiger charge is 2.01. The second kappa shape index (κ2) is 6.66. The van der Waals surface area contributed by atoms with E-state index in [9.17, 15) is 0 Å². The third-order valence-corrected chi connectivity index (χ3v) is 3.37. The highest BCUT2D eigenvalue weighted by Crippen LogP contribution is 2.12. The van der Waals surface area contributed by atoms with Crippen LogP contribution >= 0.6 is 15.9 Å². The van der Waals surface area contributed by atoms with Crippen LogP contribution in [-0.2, 0) is 19.5 Å². The number of hydrogen-bond acceptors (Lipinski definition) is 2. The number of benzene rings is 1. The second-order valence-corrected chi connectivity index (χ2v) is 5.11. The Labute approximate surface area is 117 Å². The van der Waals surface area contributed by atoms with Gasteiger partial charge < -0.3 is 5.32 Å². The molecule has 0 fully saturated rings. The van der Waals surface area contributed by atoms with E-state index in [0.29, 0.717) is 0 Å². The highest BCUT2D eigenvalue weighted by molar-refractivity contribution is 9.10. The first-order chi connectivity index (χ1) is 8.79. The monoisotopic (exact) mass is 304 g/mol. The SMILES string of the molecule is CCc1cccnc1CNCc1cccc(Br)c1. The molecule has 0 bridgehead atoms. The Bertz CT molecular complexity index is 511. The first kappa shape index (κ1) is 13.2. The van der Waals surface area contributed by atoms with Crippen molar-refractivity contribution in [2.75, 3.05) is 0 Å². The van der Waals surface area contributed by atoms with Crippen molar-refractivity contribution in [3.05, 3.63) is 63.9 Å². The van der Waals surface area contributed by atoms with Crippen LogP contribution in [0.4, 0.5) is 0 Å². The predicted octanol–water partition coefficient (Wildman–Crippen LogP) is 3.70. The molecule has 0 amide bonds. The van der Waals surface area contributed by atoms with Crippen LogP contribution in [0, 0.1) is 0 Å². The molecule has 0 spiro atoms. The minimum Gasteiger partial charge on any atom is -0.307 e. The molecule has 2 aromatic rings. The van der Waals surface area contributed by atoms with Gasteiger partial charge in [0.25, 0.3) is 0 Å². The molecule has 0 saturated heterocycles. The fraction of sp³-hybridized carbons (Fsp3) is 0.267. The van der Waals surface area contributed by atoms with Gasteiger partial charge in [0, 0.05) is 23.8 Å². The van der Waals surface area contributed by atoms with Crippen LogP contribution < -0.4 is 5.32 Å². The first-order valence-electron chi connectivity index (χ1n) is 6.17. The van der Waals surface area contributed by atoms with E-state index >= 15 is 0 Å². The van der Waals surface area contributed by atoms with E-state index in [4.69, 9.17) is 0 Å². The Hall–Kier alpha value is -1.19. The normalized spacial score (nSPS) is 10.6. The standard InChI is InChI=1S/C15H17BrN2/c1-2-13-6-4-8-18-15(13)11-17-10-12-5-3-7-14(16)9-12/h3-9,17H,2,10-11H2,1H3. The molecule has 1 aromatic carbocycles. The van der Waals surface area contributed by atoms with Crippen molar-refractivity contribution in [2.45, 2.75) is 26.4 Å². The molecular formula is C15H17BrN2. The molecule has 0 radical (unpaired) electrons. The average Bonchev–Trinajstić information content (AvgIpc) is 2.39. The summed E-state index contributed by atoms with van der Waals surface area (Å²) in [7, 11) is 0. The molecule has 1 heterocycles. The van der Waals surface area contributed by atoms with Gasteiger partial charge in [0.2, 0.25) is 0 Å². The van der Waals surface area contributed by atoms with Gasteiger partial charge in [-0.25, -0.2) is 0 Å². The number of aryl methyl sites for hydroxylation is 1. The fourth-order valence-corrected chi connectivity index (χ4v) is 2.37. The smallest absolute Gasteiger partial charge is 0.0573 e. The quantitative estimate of drug-likeness (QED) is 0.911. The predicted molar refractivity (Wildman–Crippen MR) is 78.3 cm³/mol. The van der Waals surface area contributed by atoms with Gasteiger partial charge in [0.15, 0.2) is 0 Å². The van der Waals surface area contributed by atoms with Crippen molar-refractivity contribution in [3.63, 3.8) is 0 Å². The molecule has 0 unspecified atom stereocenters. The van der Waals surface area contributed by atoms with E-state index in [1.165, 1.54) is 11.1 Å². The lowest BCUT2D eigenvalue weighted by molar-refractivity contribution is 0.673.